The molecular formula is C21H22F3N6O4P. The number of hydrogen-bond acceptors (Lipinski definition) is 8. The number of esters is 1. The highest BCUT2D eigenvalue weighted by atomic mass is 31.0. The zero-order valence-electron chi connectivity index (χ0n) is 18.7. The number of ether oxygens (including phenoxy) is 1. The maximum Gasteiger partial charge on any atom is 0.405 e. The number of benzene rings is 1. The summed E-state index contributed by atoms with van der Waals surface area (Å²) in [6.45, 7) is -0.341. The van der Waals surface area contributed by atoms with E-state index in [1.165, 1.54) is 11.8 Å². The summed E-state index contributed by atoms with van der Waals surface area (Å²) in [5.41, 5.74) is 2.09. The maximum absolute atomic E-state index is 12.1. The van der Waals surface area contributed by atoms with Crippen LogP contribution in [0.1, 0.15) is 26.5 Å². The van der Waals surface area contributed by atoms with Crippen LogP contribution in [0, 0.1) is 0 Å². The molecule has 1 unspecified atom stereocenters. The van der Waals surface area contributed by atoms with Crippen LogP contribution in [0.15, 0.2) is 30.5 Å². The van der Waals surface area contributed by atoms with Gasteiger partial charge in [0.1, 0.15) is 24.5 Å². The van der Waals surface area contributed by atoms with E-state index in [1.807, 2.05) is 37.2 Å². The SMILES string of the molecule is CNCc1ccc2c(c1)N(C)CC(=O)O2.O=Cc1cc(C(=O)NCC(F)(F)F)n2ncc(P)c2n1. The van der Waals surface area contributed by atoms with Crippen LogP contribution >= 0.6 is 9.24 Å². The van der Waals surface area contributed by atoms with Crippen molar-refractivity contribution in [2.75, 3.05) is 32.1 Å². The minimum absolute atomic E-state index is 0.0705. The molecule has 14 heteroatoms. The van der Waals surface area contributed by atoms with Crippen LogP contribution in [0.5, 0.6) is 5.75 Å². The molecule has 0 saturated carbocycles. The molecule has 1 amide bonds. The summed E-state index contributed by atoms with van der Waals surface area (Å²) in [5, 5.41) is 9.15. The molecule has 3 aromatic rings. The predicted molar refractivity (Wildman–Crippen MR) is 124 cm³/mol. The fourth-order valence-corrected chi connectivity index (χ4v) is 3.44. The topological polar surface area (TPSA) is 118 Å². The number of anilines is 1. The molecule has 1 aliphatic heterocycles. The Hall–Kier alpha value is -3.57. The van der Waals surface area contributed by atoms with Crippen molar-refractivity contribution in [1.82, 2.24) is 25.2 Å². The van der Waals surface area contributed by atoms with E-state index in [0.29, 0.717) is 23.9 Å². The molecular weight excluding hydrogens is 488 g/mol. The van der Waals surface area contributed by atoms with Crippen molar-refractivity contribution in [2.45, 2.75) is 12.7 Å². The van der Waals surface area contributed by atoms with Gasteiger partial charge in [0, 0.05) is 18.9 Å². The Kier molecular flexibility index (Phi) is 8.03. The number of likely N-dealkylation sites (N-methyl/N-ethyl adjacent to an activating group) is 1. The zero-order valence-corrected chi connectivity index (χ0v) is 19.9. The molecule has 3 heterocycles. The van der Waals surface area contributed by atoms with Crippen LogP contribution in [0.4, 0.5) is 18.9 Å². The van der Waals surface area contributed by atoms with Crippen molar-refractivity contribution >= 4 is 44.0 Å². The van der Waals surface area contributed by atoms with Crippen molar-refractivity contribution in [2.24, 2.45) is 0 Å². The van der Waals surface area contributed by atoms with Gasteiger partial charge in [-0.05, 0) is 30.8 Å². The van der Waals surface area contributed by atoms with Crippen LogP contribution in [0.3, 0.4) is 0 Å². The molecule has 0 saturated heterocycles. The monoisotopic (exact) mass is 510 g/mol. The van der Waals surface area contributed by atoms with Gasteiger partial charge in [0.05, 0.1) is 11.9 Å². The number of nitrogens with zero attached hydrogens (tertiary/aromatic N) is 4. The maximum atomic E-state index is 12.1. The predicted octanol–water partition coefficient (Wildman–Crippen LogP) is 1.10. The standard InChI is InChI=1S/C11H14N2O2.C10H8F3N4O2P/c1-12-6-8-3-4-10-9(5-8)13(2)7-11(14)15-10;11-10(12,13)4-14-9(19)6-1-5(3-18)16-8-7(20)2-15-17(6)8/h3-5,12H,6-7H2,1-2H3;1-3H,4,20H2,(H,14,19). The third-order valence-electron chi connectivity index (χ3n) is 4.73. The first kappa shape index (κ1) is 26.0. The lowest BCUT2D eigenvalue weighted by molar-refractivity contribution is -0.133. The Morgan fingerprint density at radius 3 is 2.71 bits per heavy atom. The van der Waals surface area contributed by atoms with Crippen LogP contribution in [-0.4, -0.2) is 66.1 Å². The Morgan fingerprint density at radius 2 is 2.06 bits per heavy atom. The molecule has 2 N–H and O–H groups in total. The van der Waals surface area contributed by atoms with E-state index >= 15 is 0 Å². The molecule has 0 bridgehead atoms. The highest BCUT2D eigenvalue weighted by Crippen LogP contribution is 2.31. The molecule has 35 heavy (non-hydrogen) atoms. The second kappa shape index (κ2) is 10.8. The average molecular weight is 510 g/mol. The van der Waals surface area contributed by atoms with E-state index < -0.39 is 18.6 Å². The fourth-order valence-electron chi connectivity index (χ4n) is 3.19. The van der Waals surface area contributed by atoms with Gasteiger partial charge >= 0.3 is 12.1 Å². The van der Waals surface area contributed by atoms with Crippen molar-refractivity contribution in [3.63, 3.8) is 0 Å². The number of fused-ring (bicyclic) bond motifs is 2. The number of aldehydes is 1. The summed E-state index contributed by atoms with van der Waals surface area (Å²) in [4.78, 5) is 39.5. The van der Waals surface area contributed by atoms with Crippen molar-refractivity contribution < 1.29 is 32.3 Å². The second-order valence-corrected chi connectivity index (χ2v) is 8.10. The first-order valence-electron chi connectivity index (χ1n) is 10.2. The number of carbonyl (C=O) groups excluding carboxylic acids is 3. The highest BCUT2D eigenvalue weighted by Gasteiger charge is 2.28. The molecule has 0 radical (unpaired) electrons. The number of amides is 1. The van der Waals surface area contributed by atoms with Gasteiger partial charge in [0.15, 0.2) is 17.7 Å². The Bertz CT molecular complexity index is 1260. The van der Waals surface area contributed by atoms with E-state index in [4.69, 9.17) is 4.74 Å². The van der Waals surface area contributed by atoms with Crippen LogP contribution in [0.2, 0.25) is 0 Å². The number of alkyl halides is 3. The summed E-state index contributed by atoms with van der Waals surface area (Å²) in [7, 11) is 6.10. The van der Waals surface area contributed by atoms with Crippen molar-refractivity contribution in [1.29, 1.82) is 0 Å². The molecule has 1 aliphatic rings. The number of nitrogens with one attached hydrogen (secondary N) is 2. The number of aromatic nitrogens is 3. The molecule has 0 fully saturated rings. The van der Waals surface area contributed by atoms with Gasteiger partial charge in [0.2, 0.25) is 0 Å². The molecule has 10 nitrogen and oxygen atoms in total. The lowest BCUT2D eigenvalue weighted by Crippen LogP contribution is -2.35. The molecule has 0 aliphatic carbocycles. The first-order chi connectivity index (χ1) is 16.5. The van der Waals surface area contributed by atoms with Gasteiger partial charge in [-0.15, -0.1) is 0 Å². The van der Waals surface area contributed by atoms with Gasteiger partial charge in [0.25, 0.3) is 5.91 Å². The van der Waals surface area contributed by atoms with Gasteiger partial charge in [-0.25, -0.2) is 14.3 Å². The van der Waals surface area contributed by atoms with Gasteiger partial charge in [-0.2, -0.15) is 18.3 Å². The lowest BCUT2D eigenvalue weighted by atomic mass is 10.1. The highest BCUT2D eigenvalue weighted by molar-refractivity contribution is 7.28. The van der Waals surface area contributed by atoms with E-state index in [0.717, 1.165) is 22.8 Å². The van der Waals surface area contributed by atoms with Crippen molar-refractivity contribution in [3.8, 4) is 5.75 Å². The molecule has 1 aromatic carbocycles. The van der Waals surface area contributed by atoms with Crippen molar-refractivity contribution in [3.05, 3.63) is 47.4 Å². The average Bonchev–Trinajstić information content (AvgIpc) is 3.18. The van der Waals surface area contributed by atoms with Crippen LogP contribution < -0.4 is 25.6 Å². The van der Waals surface area contributed by atoms with E-state index in [1.54, 1.807) is 5.32 Å². The van der Waals surface area contributed by atoms with Gasteiger partial charge in [-0.3, -0.25) is 9.59 Å². The lowest BCUT2D eigenvalue weighted by Gasteiger charge is -2.26. The van der Waals surface area contributed by atoms with Gasteiger partial charge < -0.3 is 20.3 Å². The third-order valence-corrected chi connectivity index (χ3v) is 5.13. The Labute approximate surface area is 200 Å². The minimum Gasteiger partial charge on any atom is -0.423 e. The number of rotatable bonds is 5. The number of halogens is 3. The molecule has 2 aromatic heterocycles. The smallest absolute Gasteiger partial charge is 0.405 e. The summed E-state index contributed by atoms with van der Waals surface area (Å²) in [6, 6.07) is 6.92. The Balaban J connectivity index is 0.000000203. The van der Waals surface area contributed by atoms with E-state index in [9.17, 15) is 27.6 Å². The first-order valence-corrected chi connectivity index (χ1v) is 10.7. The molecule has 1 atom stereocenters. The number of hydrogen-bond donors (Lipinski definition) is 2. The normalized spacial score (nSPS) is 13.0. The molecule has 4 rings (SSSR count). The largest absolute Gasteiger partial charge is 0.423 e. The summed E-state index contributed by atoms with van der Waals surface area (Å²) in [6.07, 6.45) is -2.76. The number of carbonyl (C=O) groups is 3. The van der Waals surface area contributed by atoms with E-state index in [2.05, 4.69) is 24.6 Å². The molecule has 0 spiro atoms. The zero-order chi connectivity index (χ0) is 25.8. The summed E-state index contributed by atoms with van der Waals surface area (Å²) >= 11 is 0. The Morgan fingerprint density at radius 1 is 1.31 bits per heavy atom. The van der Waals surface area contributed by atoms with Crippen LogP contribution in [-0.2, 0) is 11.3 Å². The third kappa shape index (κ3) is 6.52. The fraction of sp³-hybridized carbons (Fsp3) is 0.286. The minimum atomic E-state index is -4.52. The quantitative estimate of drug-likeness (QED) is 0.227. The van der Waals surface area contributed by atoms with E-state index in [-0.39, 0.29) is 23.0 Å². The summed E-state index contributed by atoms with van der Waals surface area (Å²) in [5.74, 6) is -0.550. The summed E-state index contributed by atoms with van der Waals surface area (Å²) < 4.78 is 42.5. The van der Waals surface area contributed by atoms with Gasteiger partial charge in [-0.1, -0.05) is 15.3 Å². The van der Waals surface area contributed by atoms with Crippen LogP contribution in [0.25, 0.3) is 5.65 Å². The second-order valence-electron chi connectivity index (χ2n) is 7.48. The molecule has 186 valence electrons.